The predicted octanol–water partition coefficient (Wildman–Crippen LogP) is 4.46. The van der Waals surface area contributed by atoms with Crippen LogP contribution in [0.3, 0.4) is 0 Å². The Morgan fingerprint density at radius 3 is 2.19 bits per heavy atom. The van der Waals surface area contributed by atoms with E-state index in [1.807, 2.05) is 0 Å². The first-order valence-electron chi connectivity index (χ1n) is 8.88. The van der Waals surface area contributed by atoms with Crippen molar-refractivity contribution in [1.29, 1.82) is 0 Å². The van der Waals surface area contributed by atoms with Gasteiger partial charge in [-0.15, -0.1) is 0 Å². The molecule has 0 bridgehead atoms. The van der Waals surface area contributed by atoms with Crippen molar-refractivity contribution in [3.8, 4) is 5.75 Å². The zero-order valence-corrected chi connectivity index (χ0v) is 19.1. The second-order valence-corrected chi connectivity index (χ2v) is 9.05. The lowest BCUT2D eigenvalue weighted by atomic mass is 10.1. The molecule has 1 aromatic heterocycles. The number of halogens is 2. The van der Waals surface area contributed by atoms with Gasteiger partial charge in [-0.05, 0) is 56.3 Å². The first-order chi connectivity index (χ1) is 14.6. The van der Waals surface area contributed by atoms with Crippen LogP contribution in [0, 0.1) is 13.8 Å². The summed E-state index contributed by atoms with van der Waals surface area (Å²) in [5.74, 6) is -0.348. The summed E-state index contributed by atoms with van der Waals surface area (Å²) in [6.07, 6.45) is 0. The van der Waals surface area contributed by atoms with Gasteiger partial charge in [0.1, 0.15) is 5.75 Å². The molecule has 3 aromatic rings. The Labute approximate surface area is 189 Å². The average Bonchev–Trinajstić information content (AvgIpc) is 2.66. The molecular weight excluding hydrogens is 463 g/mol. The van der Waals surface area contributed by atoms with Crippen LogP contribution >= 0.6 is 23.2 Å². The SMILES string of the molecule is COc1c(Cl)cc(Cl)cc1C(=O)Nc1ccc(S(=O)(=O)Nc2nc(C)cc(C)n2)cc1. The Hall–Kier alpha value is -2.88. The minimum atomic E-state index is -3.91. The minimum absolute atomic E-state index is 0.0141. The summed E-state index contributed by atoms with van der Waals surface area (Å²) >= 11 is 12.0. The fraction of sp³-hybridized carbons (Fsp3) is 0.150. The number of nitrogens with zero attached hydrogens (tertiary/aromatic N) is 2. The number of amides is 1. The first-order valence-corrected chi connectivity index (χ1v) is 11.1. The molecule has 2 aromatic carbocycles. The summed E-state index contributed by atoms with van der Waals surface area (Å²) in [7, 11) is -2.52. The van der Waals surface area contributed by atoms with Crippen LogP contribution in [-0.2, 0) is 10.0 Å². The van der Waals surface area contributed by atoms with E-state index < -0.39 is 15.9 Å². The number of nitrogens with one attached hydrogen (secondary N) is 2. The summed E-state index contributed by atoms with van der Waals surface area (Å²) in [5, 5.41) is 3.13. The molecule has 8 nitrogen and oxygen atoms in total. The second kappa shape index (κ2) is 9.09. The minimum Gasteiger partial charge on any atom is -0.494 e. The van der Waals surface area contributed by atoms with Crippen molar-refractivity contribution in [3.05, 3.63) is 69.5 Å². The molecular formula is C20H18Cl2N4O4S. The molecule has 1 amide bonds. The van der Waals surface area contributed by atoms with Gasteiger partial charge < -0.3 is 10.1 Å². The molecule has 0 unspecified atom stereocenters. The molecule has 0 atom stereocenters. The van der Waals surface area contributed by atoms with Gasteiger partial charge in [0.25, 0.3) is 15.9 Å². The van der Waals surface area contributed by atoms with E-state index in [0.717, 1.165) is 0 Å². The van der Waals surface area contributed by atoms with Crippen molar-refractivity contribution >= 4 is 50.8 Å². The number of aryl methyl sites for hydroxylation is 2. The highest BCUT2D eigenvalue weighted by molar-refractivity contribution is 7.92. The van der Waals surface area contributed by atoms with Crippen molar-refractivity contribution in [2.75, 3.05) is 17.1 Å². The average molecular weight is 481 g/mol. The number of carbonyl (C=O) groups excluding carboxylic acids is 1. The quantitative estimate of drug-likeness (QED) is 0.538. The number of ether oxygens (including phenoxy) is 1. The molecule has 0 saturated carbocycles. The number of rotatable bonds is 6. The summed E-state index contributed by atoms with van der Waals surface area (Å²) < 4.78 is 32.7. The lowest BCUT2D eigenvalue weighted by Crippen LogP contribution is -2.16. The van der Waals surface area contributed by atoms with Crippen LogP contribution in [0.5, 0.6) is 5.75 Å². The molecule has 0 radical (unpaired) electrons. The normalized spacial score (nSPS) is 11.1. The molecule has 2 N–H and O–H groups in total. The fourth-order valence-corrected chi connectivity index (χ4v) is 4.32. The second-order valence-electron chi connectivity index (χ2n) is 6.53. The van der Waals surface area contributed by atoms with Crippen LogP contribution in [0.25, 0.3) is 0 Å². The highest BCUT2D eigenvalue weighted by atomic mass is 35.5. The van der Waals surface area contributed by atoms with Crippen molar-refractivity contribution in [1.82, 2.24) is 9.97 Å². The fourth-order valence-electron chi connectivity index (χ4n) is 2.80. The number of anilines is 2. The third-order valence-corrected chi connectivity index (χ3v) is 5.93. The molecule has 0 aliphatic rings. The maximum absolute atomic E-state index is 12.6. The van der Waals surface area contributed by atoms with Gasteiger partial charge in [-0.3, -0.25) is 4.79 Å². The largest absolute Gasteiger partial charge is 0.494 e. The summed E-state index contributed by atoms with van der Waals surface area (Å²) in [6, 6.07) is 10.2. The third-order valence-electron chi connectivity index (χ3n) is 4.09. The predicted molar refractivity (Wildman–Crippen MR) is 120 cm³/mol. The summed E-state index contributed by atoms with van der Waals surface area (Å²) in [6.45, 7) is 3.48. The van der Waals surface area contributed by atoms with E-state index in [1.54, 1.807) is 19.9 Å². The van der Waals surface area contributed by atoms with Gasteiger partial charge in [-0.1, -0.05) is 23.2 Å². The zero-order chi connectivity index (χ0) is 22.8. The third kappa shape index (κ3) is 5.43. The van der Waals surface area contributed by atoms with Crippen LogP contribution in [0.4, 0.5) is 11.6 Å². The van der Waals surface area contributed by atoms with Gasteiger partial charge >= 0.3 is 0 Å². The summed E-state index contributed by atoms with van der Waals surface area (Å²) in [5.41, 5.74) is 1.79. The van der Waals surface area contributed by atoms with Crippen LogP contribution in [0.1, 0.15) is 21.7 Å². The van der Waals surface area contributed by atoms with Crippen LogP contribution in [0.15, 0.2) is 47.4 Å². The molecule has 11 heteroatoms. The Balaban J connectivity index is 1.79. The van der Waals surface area contributed by atoms with Gasteiger partial charge in [0.05, 0.1) is 22.6 Å². The molecule has 0 aliphatic heterocycles. The Morgan fingerprint density at radius 2 is 1.61 bits per heavy atom. The smallest absolute Gasteiger partial charge is 0.264 e. The number of carbonyl (C=O) groups is 1. The van der Waals surface area contributed by atoms with Gasteiger partial charge in [0, 0.05) is 22.1 Å². The van der Waals surface area contributed by atoms with Gasteiger partial charge in [0.2, 0.25) is 5.95 Å². The number of methoxy groups -OCH3 is 1. The number of aromatic nitrogens is 2. The standard InChI is InChI=1S/C20H18Cl2N4O4S/c1-11-8-12(2)24-20(23-11)26-31(28,29)15-6-4-14(5-7-15)25-19(27)16-9-13(21)10-17(22)18(16)30-3/h4-10H,1-3H3,(H,25,27)(H,23,24,26). The Kier molecular flexibility index (Phi) is 6.68. The number of benzene rings is 2. The van der Waals surface area contributed by atoms with E-state index in [2.05, 4.69) is 20.0 Å². The Bertz CT molecular complexity index is 1230. The van der Waals surface area contributed by atoms with E-state index in [0.29, 0.717) is 17.1 Å². The van der Waals surface area contributed by atoms with E-state index in [-0.39, 0.29) is 32.2 Å². The van der Waals surface area contributed by atoms with E-state index >= 15 is 0 Å². The maximum atomic E-state index is 12.6. The molecule has 0 saturated heterocycles. The van der Waals surface area contributed by atoms with Gasteiger partial charge in [-0.25, -0.2) is 23.1 Å². The van der Waals surface area contributed by atoms with E-state index in [9.17, 15) is 13.2 Å². The number of hydrogen-bond donors (Lipinski definition) is 2. The molecule has 0 fully saturated rings. The molecule has 162 valence electrons. The highest BCUT2D eigenvalue weighted by Crippen LogP contribution is 2.32. The van der Waals surface area contributed by atoms with Crippen LogP contribution in [-0.4, -0.2) is 31.4 Å². The highest BCUT2D eigenvalue weighted by Gasteiger charge is 2.19. The van der Waals surface area contributed by atoms with Crippen molar-refractivity contribution < 1.29 is 17.9 Å². The number of sulfonamides is 1. The zero-order valence-electron chi connectivity index (χ0n) is 16.7. The lowest BCUT2D eigenvalue weighted by Gasteiger charge is -2.12. The van der Waals surface area contributed by atoms with E-state index in [1.165, 1.54) is 43.5 Å². The van der Waals surface area contributed by atoms with Crippen molar-refractivity contribution in [2.45, 2.75) is 18.7 Å². The van der Waals surface area contributed by atoms with Crippen molar-refractivity contribution in [2.24, 2.45) is 0 Å². The molecule has 0 aliphatic carbocycles. The first kappa shape index (κ1) is 22.8. The van der Waals surface area contributed by atoms with E-state index in [4.69, 9.17) is 27.9 Å². The topological polar surface area (TPSA) is 110 Å². The molecule has 1 heterocycles. The summed E-state index contributed by atoms with van der Waals surface area (Å²) in [4.78, 5) is 20.8. The lowest BCUT2D eigenvalue weighted by molar-refractivity contribution is 0.102. The van der Waals surface area contributed by atoms with Crippen LogP contribution in [0.2, 0.25) is 10.0 Å². The molecule has 31 heavy (non-hydrogen) atoms. The molecule has 0 spiro atoms. The monoisotopic (exact) mass is 480 g/mol. The molecule has 3 rings (SSSR count). The Morgan fingerprint density at radius 1 is 1.00 bits per heavy atom. The van der Waals surface area contributed by atoms with Crippen LogP contribution < -0.4 is 14.8 Å². The number of hydrogen-bond acceptors (Lipinski definition) is 6. The van der Waals surface area contributed by atoms with Gasteiger partial charge in [0.15, 0.2) is 0 Å². The van der Waals surface area contributed by atoms with Crippen molar-refractivity contribution in [3.63, 3.8) is 0 Å². The van der Waals surface area contributed by atoms with Gasteiger partial charge in [-0.2, -0.15) is 0 Å². The maximum Gasteiger partial charge on any atom is 0.264 e.